The monoisotopic (exact) mass is 658 g/mol. The SMILES string of the molecule is CO[C@]1(C)C[C@@H](C)CN(C)[C@@H](CCC2CCc3ccccc3C2)COC(=O)C(C)(C)C(=O)[C@H](C)[C@H]1O[C@@H]1O[C@H](C)C[C@H](N(C)C)[C@H]1O. The van der Waals surface area contributed by atoms with Gasteiger partial charge in [0.15, 0.2) is 12.1 Å². The molecule has 9 nitrogen and oxygen atoms in total. The number of ether oxygens (including phenoxy) is 4. The van der Waals surface area contributed by atoms with Gasteiger partial charge in [-0.2, -0.15) is 0 Å². The van der Waals surface area contributed by atoms with Crippen LogP contribution in [0.1, 0.15) is 84.8 Å². The molecular formula is C38H62N2O7. The Hall–Kier alpha value is -1.88. The number of hydrogen-bond acceptors (Lipinski definition) is 9. The molecule has 4 rings (SSSR count). The van der Waals surface area contributed by atoms with Crippen molar-refractivity contribution in [3.05, 3.63) is 35.4 Å². The van der Waals surface area contributed by atoms with E-state index in [0.717, 1.165) is 32.2 Å². The predicted octanol–water partition coefficient (Wildman–Crippen LogP) is 4.90. The Balaban J connectivity index is 1.58. The summed E-state index contributed by atoms with van der Waals surface area (Å²) in [6.07, 6.45) is 3.77. The van der Waals surface area contributed by atoms with Gasteiger partial charge in [0.1, 0.15) is 18.1 Å². The van der Waals surface area contributed by atoms with Crippen molar-refractivity contribution in [1.82, 2.24) is 9.80 Å². The summed E-state index contributed by atoms with van der Waals surface area (Å²) in [5.74, 6) is -0.797. The van der Waals surface area contributed by atoms with Gasteiger partial charge in [-0.15, -0.1) is 0 Å². The third kappa shape index (κ3) is 8.84. The third-order valence-electron chi connectivity index (χ3n) is 11.4. The predicted molar refractivity (Wildman–Crippen MR) is 183 cm³/mol. The molecule has 2 heterocycles. The Kier molecular flexibility index (Phi) is 12.7. The van der Waals surface area contributed by atoms with Crippen LogP contribution in [-0.2, 0) is 41.4 Å². The van der Waals surface area contributed by atoms with Crippen LogP contribution in [0.3, 0.4) is 0 Å². The number of Topliss-reactive ketones (excluding diaryl/α,β-unsaturated/α-hetero) is 1. The van der Waals surface area contributed by atoms with Gasteiger partial charge >= 0.3 is 5.97 Å². The number of carbonyl (C=O) groups is 2. The number of hydrogen-bond donors (Lipinski definition) is 1. The highest BCUT2D eigenvalue weighted by Crippen LogP contribution is 2.38. The Morgan fingerprint density at radius 2 is 1.74 bits per heavy atom. The molecule has 1 unspecified atom stereocenters. The van der Waals surface area contributed by atoms with Gasteiger partial charge in [-0.3, -0.25) is 14.5 Å². The van der Waals surface area contributed by atoms with Gasteiger partial charge in [0.25, 0.3) is 0 Å². The van der Waals surface area contributed by atoms with Gasteiger partial charge in [-0.1, -0.05) is 38.1 Å². The normalized spacial score (nSPS) is 37.7. The first-order chi connectivity index (χ1) is 22.1. The largest absolute Gasteiger partial charge is 0.463 e. The summed E-state index contributed by atoms with van der Waals surface area (Å²) in [5.41, 5.74) is 0.602. The van der Waals surface area contributed by atoms with Crippen molar-refractivity contribution in [2.75, 3.05) is 41.4 Å². The smallest absolute Gasteiger partial charge is 0.319 e. The quantitative estimate of drug-likeness (QED) is 0.324. The number of aliphatic hydroxyl groups excluding tert-OH is 1. The van der Waals surface area contributed by atoms with Crippen LogP contribution in [0.25, 0.3) is 0 Å². The molecule has 2 aliphatic heterocycles. The van der Waals surface area contributed by atoms with Crippen molar-refractivity contribution in [3.63, 3.8) is 0 Å². The first kappa shape index (κ1) is 37.9. The zero-order valence-electron chi connectivity index (χ0n) is 30.7. The summed E-state index contributed by atoms with van der Waals surface area (Å²) in [7, 11) is 7.62. The maximum atomic E-state index is 14.3. The lowest BCUT2D eigenvalue weighted by atomic mass is 9.74. The van der Waals surface area contributed by atoms with Crippen molar-refractivity contribution in [2.45, 2.75) is 129 Å². The van der Waals surface area contributed by atoms with Crippen molar-refractivity contribution in [2.24, 2.45) is 23.2 Å². The van der Waals surface area contributed by atoms with E-state index >= 15 is 0 Å². The topological polar surface area (TPSA) is 97.8 Å². The van der Waals surface area contributed by atoms with Crippen LogP contribution in [0.15, 0.2) is 24.3 Å². The standard InChI is InChI=1S/C38H62N2O7/c1-24-21-38(6,44-10)34(47-35-32(41)31(39(7)8)19-25(2)46-35)26(3)33(42)37(4,5)36(43)45-23-30(40(9)22-24)18-16-27-15-17-28-13-11-12-14-29(28)20-27/h11-14,24-27,30-32,34-35,41H,15-23H2,1-10H3/t24-,25-,26+,27?,30+,31+,32-,34-,35+,38-/m1/s1. The number of ketones is 1. The van der Waals surface area contributed by atoms with Crippen LogP contribution < -0.4 is 0 Å². The number of aryl methyl sites for hydroxylation is 1. The second kappa shape index (κ2) is 15.8. The molecule has 1 aliphatic carbocycles. The molecule has 47 heavy (non-hydrogen) atoms. The minimum atomic E-state index is -1.41. The van der Waals surface area contributed by atoms with Gasteiger partial charge in [0.2, 0.25) is 0 Å². The highest BCUT2D eigenvalue weighted by atomic mass is 16.7. The summed E-state index contributed by atoms with van der Waals surface area (Å²) in [6.45, 7) is 12.2. The zero-order valence-corrected chi connectivity index (χ0v) is 30.7. The lowest BCUT2D eigenvalue weighted by Gasteiger charge is -2.47. The molecule has 1 aromatic rings. The van der Waals surface area contributed by atoms with Crippen molar-refractivity contribution in [3.8, 4) is 0 Å². The Morgan fingerprint density at radius 1 is 1.06 bits per heavy atom. The fourth-order valence-corrected chi connectivity index (χ4v) is 8.34. The summed E-state index contributed by atoms with van der Waals surface area (Å²) >= 11 is 0. The van der Waals surface area contributed by atoms with Crippen molar-refractivity contribution >= 4 is 11.8 Å². The third-order valence-corrected chi connectivity index (χ3v) is 11.4. The molecule has 0 spiro atoms. The van der Waals surface area contributed by atoms with E-state index in [1.165, 1.54) is 17.5 Å². The number of aliphatic hydroxyl groups is 1. The summed E-state index contributed by atoms with van der Waals surface area (Å²) < 4.78 is 25.1. The number of benzene rings is 1. The lowest BCUT2D eigenvalue weighted by molar-refractivity contribution is -0.295. The fraction of sp³-hybridized carbons (Fsp3) is 0.789. The van der Waals surface area contributed by atoms with Crippen molar-refractivity contribution < 1.29 is 33.6 Å². The van der Waals surface area contributed by atoms with E-state index in [1.54, 1.807) is 27.9 Å². The van der Waals surface area contributed by atoms with E-state index in [0.29, 0.717) is 18.8 Å². The number of fused-ring (bicyclic) bond motifs is 1. The average Bonchev–Trinajstić information content (AvgIpc) is 3.03. The molecule has 1 aromatic carbocycles. The van der Waals surface area contributed by atoms with Crippen LogP contribution >= 0.6 is 0 Å². The van der Waals surface area contributed by atoms with E-state index in [9.17, 15) is 14.7 Å². The number of nitrogens with zero attached hydrogens (tertiary/aromatic N) is 2. The molecule has 0 bridgehead atoms. The van der Waals surface area contributed by atoms with Gasteiger partial charge in [0.05, 0.1) is 17.8 Å². The number of esters is 1. The summed E-state index contributed by atoms with van der Waals surface area (Å²) in [4.78, 5) is 32.2. The van der Waals surface area contributed by atoms with Crippen LogP contribution in [0.4, 0.5) is 0 Å². The van der Waals surface area contributed by atoms with Gasteiger partial charge in [0, 0.05) is 31.7 Å². The van der Waals surface area contributed by atoms with Gasteiger partial charge < -0.3 is 29.0 Å². The molecule has 3 aliphatic rings. The molecular weight excluding hydrogens is 596 g/mol. The Morgan fingerprint density at radius 3 is 2.40 bits per heavy atom. The highest BCUT2D eigenvalue weighted by Gasteiger charge is 2.51. The number of carbonyl (C=O) groups excluding carboxylic acids is 2. The van der Waals surface area contributed by atoms with Crippen LogP contribution in [0, 0.1) is 23.2 Å². The zero-order chi connectivity index (χ0) is 34.7. The highest BCUT2D eigenvalue weighted by molar-refractivity contribution is 6.04. The molecule has 0 saturated carbocycles. The molecule has 0 amide bonds. The second-order valence-corrected chi connectivity index (χ2v) is 15.9. The lowest BCUT2D eigenvalue weighted by Crippen LogP contribution is -2.59. The first-order valence-corrected chi connectivity index (χ1v) is 17.8. The number of methoxy groups -OCH3 is 1. The summed E-state index contributed by atoms with van der Waals surface area (Å²) in [6, 6.07) is 8.61. The molecule has 2 fully saturated rings. The number of likely N-dealkylation sites (N-methyl/N-ethyl adjacent to an activating group) is 2. The molecule has 9 heteroatoms. The van der Waals surface area contributed by atoms with Gasteiger partial charge in [-0.05, 0) is 117 Å². The molecule has 0 aromatic heterocycles. The molecule has 0 radical (unpaired) electrons. The van der Waals surface area contributed by atoms with Crippen LogP contribution in [0.5, 0.6) is 0 Å². The van der Waals surface area contributed by atoms with E-state index in [2.05, 4.69) is 43.1 Å². The van der Waals surface area contributed by atoms with Crippen LogP contribution in [0.2, 0.25) is 0 Å². The van der Waals surface area contributed by atoms with E-state index in [1.807, 2.05) is 32.8 Å². The van der Waals surface area contributed by atoms with E-state index in [-0.39, 0.29) is 36.5 Å². The molecule has 2 saturated heterocycles. The second-order valence-electron chi connectivity index (χ2n) is 15.9. The maximum Gasteiger partial charge on any atom is 0.319 e. The Labute approximate surface area is 283 Å². The summed E-state index contributed by atoms with van der Waals surface area (Å²) in [5, 5.41) is 11.3. The van der Waals surface area contributed by atoms with Crippen LogP contribution in [-0.4, -0.2) is 110 Å². The molecule has 10 atom stereocenters. The minimum Gasteiger partial charge on any atom is -0.463 e. The van der Waals surface area contributed by atoms with E-state index < -0.39 is 41.4 Å². The van der Waals surface area contributed by atoms with Crippen molar-refractivity contribution in [1.29, 1.82) is 0 Å². The maximum absolute atomic E-state index is 14.3. The molecule has 1 N–H and O–H groups in total. The number of cyclic esters (lactones) is 1. The number of rotatable bonds is 7. The minimum absolute atomic E-state index is 0.0266. The first-order valence-electron chi connectivity index (χ1n) is 17.8. The fourth-order valence-electron chi connectivity index (χ4n) is 8.34. The van der Waals surface area contributed by atoms with E-state index in [4.69, 9.17) is 18.9 Å². The Bertz CT molecular complexity index is 1210. The molecule has 266 valence electrons. The average molecular weight is 659 g/mol. The van der Waals surface area contributed by atoms with Gasteiger partial charge in [-0.25, -0.2) is 0 Å².